The fraction of sp³-hybridized carbons (Fsp3) is 0.364. The molecule has 5 heteroatoms. The smallest absolute Gasteiger partial charge is 0.325 e. The number of halogens is 1. The number of hydrogen-bond acceptors (Lipinski definition) is 3. The summed E-state index contributed by atoms with van der Waals surface area (Å²) < 4.78 is 6.36. The van der Waals surface area contributed by atoms with Crippen LogP contribution in [0.4, 0.5) is 0 Å². The third kappa shape index (κ3) is 2.54. The highest BCUT2D eigenvalue weighted by molar-refractivity contribution is 9.10. The molecule has 4 nitrogen and oxygen atoms in total. The van der Waals surface area contributed by atoms with E-state index in [4.69, 9.17) is 15.6 Å². The molecule has 0 aliphatic heterocycles. The molecular formula is C11H12BrNO3. The van der Waals surface area contributed by atoms with E-state index < -0.39 is 12.0 Å². The minimum Gasteiger partial charge on any atom is -0.489 e. The van der Waals surface area contributed by atoms with Gasteiger partial charge < -0.3 is 15.6 Å². The summed E-state index contributed by atoms with van der Waals surface area (Å²) in [6.07, 6.45) is 2.49. The van der Waals surface area contributed by atoms with Gasteiger partial charge in [0.05, 0.1) is 10.6 Å². The van der Waals surface area contributed by atoms with Gasteiger partial charge in [0.15, 0.2) is 0 Å². The van der Waals surface area contributed by atoms with Gasteiger partial charge in [-0.25, -0.2) is 0 Å². The molecule has 1 aliphatic rings. The lowest BCUT2D eigenvalue weighted by Gasteiger charge is -2.11. The Kier molecular flexibility index (Phi) is 3.16. The van der Waals surface area contributed by atoms with Gasteiger partial charge >= 0.3 is 5.97 Å². The standard InChI is InChI=1S/C11H12BrNO3/c12-8-5-6(10(13)11(14)15)1-4-9(8)16-7-2-3-7/h1,4-5,7,10H,2-3,13H2,(H,14,15). The first-order chi connectivity index (χ1) is 7.58. The summed E-state index contributed by atoms with van der Waals surface area (Å²) in [6, 6.07) is 4.13. The zero-order valence-electron chi connectivity index (χ0n) is 8.52. The molecule has 1 saturated carbocycles. The van der Waals surface area contributed by atoms with Crippen molar-refractivity contribution in [3.05, 3.63) is 28.2 Å². The second-order valence-electron chi connectivity index (χ2n) is 3.82. The molecule has 16 heavy (non-hydrogen) atoms. The molecule has 1 fully saturated rings. The summed E-state index contributed by atoms with van der Waals surface area (Å²) in [5.41, 5.74) is 6.07. The molecule has 1 aliphatic carbocycles. The first-order valence-electron chi connectivity index (χ1n) is 5.02. The van der Waals surface area contributed by atoms with Crippen LogP contribution in [0.2, 0.25) is 0 Å². The Morgan fingerprint density at radius 2 is 2.25 bits per heavy atom. The van der Waals surface area contributed by atoms with Crippen molar-refractivity contribution >= 4 is 21.9 Å². The van der Waals surface area contributed by atoms with Gasteiger partial charge in [-0.15, -0.1) is 0 Å². The van der Waals surface area contributed by atoms with Gasteiger partial charge in [-0.3, -0.25) is 4.79 Å². The summed E-state index contributed by atoms with van der Waals surface area (Å²) in [7, 11) is 0. The van der Waals surface area contributed by atoms with E-state index in [0.717, 1.165) is 23.1 Å². The summed E-state index contributed by atoms with van der Waals surface area (Å²) in [4.78, 5) is 10.7. The van der Waals surface area contributed by atoms with Crippen LogP contribution >= 0.6 is 15.9 Å². The van der Waals surface area contributed by atoms with Crippen LogP contribution in [0.15, 0.2) is 22.7 Å². The van der Waals surface area contributed by atoms with Crippen molar-refractivity contribution in [3.8, 4) is 5.75 Å². The minimum atomic E-state index is -1.04. The molecule has 0 aromatic heterocycles. The second kappa shape index (κ2) is 4.43. The summed E-state index contributed by atoms with van der Waals surface area (Å²) in [5, 5.41) is 8.78. The Morgan fingerprint density at radius 3 is 2.75 bits per heavy atom. The maximum Gasteiger partial charge on any atom is 0.325 e. The van der Waals surface area contributed by atoms with E-state index in [2.05, 4.69) is 15.9 Å². The molecule has 1 atom stereocenters. The number of aliphatic carboxylic acids is 1. The van der Waals surface area contributed by atoms with Crippen molar-refractivity contribution in [2.75, 3.05) is 0 Å². The molecule has 0 radical (unpaired) electrons. The largest absolute Gasteiger partial charge is 0.489 e. The van der Waals surface area contributed by atoms with Gasteiger partial charge in [0.2, 0.25) is 0 Å². The van der Waals surface area contributed by atoms with Gasteiger partial charge in [0, 0.05) is 0 Å². The number of hydrogen-bond donors (Lipinski definition) is 2. The van der Waals surface area contributed by atoms with Crippen molar-refractivity contribution in [1.82, 2.24) is 0 Å². The number of carbonyl (C=O) groups is 1. The zero-order chi connectivity index (χ0) is 11.7. The lowest BCUT2D eigenvalue weighted by Crippen LogP contribution is -2.20. The van der Waals surface area contributed by atoms with E-state index in [0.29, 0.717) is 11.7 Å². The number of benzene rings is 1. The van der Waals surface area contributed by atoms with Gasteiger partial charge in [-0.05, 0) is 46.5 Å². The normalized spacial score (nSPS) is 16.9. The quantitative estimate of drug-likeness (QED) is 0.888. The van der Waals surface area contributed by atoms with Crippen LogP contribution in [-0.4, -0.2) is 17.2 Å². The number of nitrogens with two attached hydrogens (primary N) is 1. The Hall–Kier alpha value is -1.07. The van der Waals surface area contributed by atoms with Gasteiger partial charge in [0.1, 0.15) is 11.8 Å². The van der Waals surface area contributed by atoms with E-state index in [1.165, 1.54) is 0 Å². The van der Waals surface area contributed by atoms with Crippen LogP contribution in [0.3, 0.4) is 0 Å². The molecule has 0 saturated heterocycles. The van der Waals surface area contributed by atoms with E-state index in [-0.39, 0.29) is 0 Å². The average molecular weight is 286 g/mol. The topological polar surface area (TPSA) is 72.6 Å². The summed E-state index contributed by atoms with van der Waals surface area (Å²) >= 11 is 3.35. The lowest BCUT2D eigenvalue weighted by atomic mass is 10.1. The van der Waals surface area contributed by atoms with E-state index in [9.17, 15) is 4.79 Å². The molecule has 0 amide bonds. The lowest BCUT2D eigenvalue weighted by molar-refractivity contribution is -0.138. The molecule has 1 aromatic carbocycles. The van der Waals surface area contributed by atoms with E-state index >= 15 is 0 Å². The molecule has 0 spiro atoms. The van der Waals surface area contributed by atoms with Crippen molar-refractivity contribution in [3.63, 3.8) is 0 Å². The highest BCUT2D eigenvalue weighted by atomic mass is 79.9. The van der Waals surface area contributed by atoms with E-state index in [1.54, 1.807) is 18.2 Å². The average Bonchev–Trinajstić information content (AvgIpc) is 3.03. The third-order valence-corrected chi connectivity index (χ3v) is 3.02. The highest BCUT2D eigenvalue weighted by Gasteiger charge is 2.24. The van der Waals surface area contributed by atoms with E-state index in [1.807, 2.05) is 0 Å². The van der Waals surface area contributed by atoms with Crippen LogP contribution in [0.1, 0.15) is 24.4 Å². The van der Waals surface area contributed by atoms with Crippen LogP contribution < -0.4 is 10.5 Å². The maximum absolute atomic E-state index is 10.7. The molecule has 2 rings (SSSR count). The maximum atomic E-state index is 10.7. The Balaban J connectivity index is 2.17. The minimum absolute atomic E-state index is 0.315. The molecule has 0 heterocycles. The third-order valence-electron chi connectivity index (χ3n) is 2.40. The van der Waals surface area contributed by atoms with Crippen molar-refractivity contribution < 1.29 is 14.6 Å². The SMILES string of the molecule is NC(C(=O)O)c1ccc(OC2CC2)c(Br)c1. The Bertz CT molecular complexity index is 418. The van der Waals surface area contributed by atoms with Crippen LogP contribution in [0.25, 0.3) is 0 Å². The first kappa shape index (κ1) is 11.4. The molecule has 1 aromatic rings. The fourth-order valence-electron chi connectivity index (χ4n) is 1.31. The summed E-state index contributed by atoms with van der Waals surface area (Å²) in [5.74, 6) is -0.299. The molecule has 3 N–H and O–H groups in total. The Labute approximate surface area is 102 Å². The molecule has 0 bridgehead atoms. The predicted octanol–water partition coefficient (Wildman–Crippen LogP) is 2.07. The fourth-order valence-corrected chi connectivity index (χ4v) is 1.80. The number of rotatable bonds is 4. The predicted molar refractivity (Wildman–Crippen MR) is 62.4 cm³/mol. The zero-order valence-corrected chi connectivity index (χ0v) is 10.1. The number of ether oxygens (including phenoxy) is 1. The molecule has 1 unspecified atom stereocenters. The highest BCUT2D eigenvalue weighted by Crippen LogP contribution is 2.33. The monoisotopic (exact) mass is 285 g/mol. The number of carboxylic acid groups (broad SMARTS) is 1. The molecular weight excluding hydrogens is 274 g/mol. The van der Waals surface area contributed by atoms with Gasteiger partial charge in [0.25, 0.3) is 0 Å². The van der Waals surface area contributed by atoms with Crippen LogP contribution in [0, 0.1) is 0 Å². The first-order valence-corrected chi connectivity index (χ1v) is 5.81. The van der Waals surface area contributed by atoms with Gasteiger partial charge in [-0.1, -0.05) is 6.07 Å². The van der Waals surface area contributed by atoms with Gasteiger partial charge in [-0.2, -0.15) is 0 Å². The van der Waals surface area contributed by atoms with Crippen molar-refractivity contribution in [1.29, 1.82) is 0 Å². The second-order valence-corrected chi connectivity index (χ2v) is 4.68. The van der Waals surface area contributed by atoms with Crippen molar-refractivity contribution in [2.45, 2.75) is 25.0 Å². The molecule has 86 valence electrons. The van der Waals surface area contributed by atoms with Crippen LogP contribution in [0.5, 0.6) is 5.75 Å². The number of carboxylic acids is 1. The Morgan fingerprint density at radius 1 is 1.56 bits per heavy atom. The van der Waals surface area contributed by atoms with Crippen LogP contribution in [-0.2, 0) is 4.79 Å². The van der Waals surface area contributed by atoms with Crippen molar-refractivity contribution in [2.24, 2.45) is 5.73 Å². The summed E-state index contributed by atoms with van der Waals surface area (Å²) in [6.45, 7) is 0.